The number of rotatable bonds is 3. The van der Waals surface area contributed by atoms with E-state index in [2.05, 4.69) is 29.5 Å². The lowest BCUT2D eigenvalue weighted by molar-refractivity contribution is -0.127. The molecule has 2 N–H and O–H groups in total. The van der Waals surface area contributed by atoms with E-state index in [1.807, 2.05) is 11.8 Å². The highest BCUT2D eigenvalue weighted by molar-refractivity contribution is 6.04. The molecule has 0 aromatic rings. The van der Waals surface area contributed by atoms with Gasteiger partial charge in [0.15, 0.2) is 12.0 Å². The molecule has 7 nitrogen and oxygen atoms in total. The van der Waals surface area contributed by atoms with Crippen molar-refractivity contribution in [1.29, 1.82) is 0 Å². The fourth-order valence-electron chi connectivity index (χ4n) is 2.46. The summed E-state index contributed by atoms with van der Waals surface area (Å²) in [6.07, 6.45) is -0.342. The van der Waals surface area contributed by atoms with Crippen LogP contribution in [0.2, 0.25) is 0 Å². The van der Waals surface area contributed by atoms with Crippen molar-refractivity contribution in [2.24, 2.45) is 10.9 Å². The summed E-state index contributed by atoms with van der Waals surface area (Å²) in [7, 11) is 1.68. The molecule has 2 aliphatic rings. The Hall–Kier alpha value is -1.79. The van der Waals surface area contributed by atoms with Crippen molar-refractivity contribution >= 4 is 17.9 Å². The largest absolute Gasteiger partial charge is 0.334 e. The summed E-state index contributed by atoms with van der Waals surface area (Å²) in [6.45, 7) is 7.48. The van der Waals surface area contributed by atoms with Crippen LogP contribution >= 0.6 is 0 Å². The number of fused-ring (bicyclic) bond motifs is 1. The Labute approximate surface area is 113 Å². The van der Waals surface area contributed by atoms with Gasteiger partial charge in [0.25, 0.3) is 5.91 Å². The molecular formula is C12H21N5O2. The molecule has 2 heterocycles. The normalized spacial score (nSPS) is 28.8. The van der Waals surface area contributed by atoms with Crippen LogP contribution in [0.3, 0.4) is 0 Å². The molecule has 2 saturated heterocycles. The molecule has 3 amide bonds. The number of hydrogen-bond donors (Lipinski definition) is 2. The Kier molecular flexibility index (Phi) is 3.64. The molecule has 2 aliphatic heterocycles. The number of carbonyl (C=O) groups is 2. The van der Waals surface area contributed by atoms with Crippen LogP contribution < -0.4 is 10.6 Å². The minimum absolute atomic E-state index is 0.262. The van der Waals surface area contributed by atoms with E-state index in [-0.39, 0.29) is 18.1 Å². The van der Waals surface area contributed by atoms with E-state index in [1.54, 1.807) is 7.05 Å². The van der Waals surface area contributed by atoms with Gasteiger partial charge in [-0.3, -0.25) is 15.1 Å². The van der Waals surface area contributed by atoms with Crippen molar-refractivity contribution in [3.05, 3.63) is 0 Å². The Balaban J connectivity index is 2.31. The third-order valence-corrected chi connectivity index (χ3v) is 3.29. The lowest BCUT2D eigenvalue weighted by Crippen LogP contribution is -2.65. The zero-order valence-electron chi connectivity index (χ0n) is 11.8. The van der Waals surface area contributed by atoms with Crippen LogP contribution in [0.1, 0.15) is 20.8 Å². The smallest absolute Gasteiger partial charge is 0.325 e. The summed E-state index contributed by atoms with van der Waals surface area (Å²) in [5.41, 5.74) is 0. The van der Waals surface area contributed by atoms with Crippen molar-refractivity contribution in [2.45, 2.75) is 33.0 Å². The molecule has 7 heteroatoms. The van der Waals surface area contributed by atoms with Gasteiger partial charge in [-0.05, 0) is 12.8 Å². The first kappa shape index (κ1) is 13.6. The summed E-state index contributed by atoms with van der Waals surface area (Å²) >= 11 is 0. The maximum Gasteiger partial charge on any atom is 0.325 e. The molecule has 0 bridgehead atoms. The van der Waals surface area contributed by atoms with Crippen LogP contribution in [-0.2, 0) is 4.79 Å². The van der Waals surface area contributed by atoms with E-state index in [4.69, 9.17) is 0 Å². The van der Waals surface area contributed by atoms with Crippen LogP contribution in [0, 0.1) is 5.92 Å². The highest BCUT2D eigenvalue weighted by atomic mass is 16.2. The highest BCUT2D eigenvalue weighted by Crippen LogP contribution is 2.21. The van der Waals surface area contributed by atoms with Crippen LogP contribution in [0.15, 0.2) is 4.99 Å². The SMILES string of the molecule is CCN=C1NC2C(C(=O)NC(=O)N2C)N1CC(C)C. The second-order valence-corrected chi connectivity index (χ2v) is 5.28. The molecule has 0 saturated carbocycles. The number of carbonyl (C=O) groups excluding carboxylic acids is 2. The van der Waals surface area contributed by atoms with Gasteiger partial charge >= 0.3 is 6.03 Å². The second-order valence-electron chi connectivity index (χ2n) is 5.28. The van der Waals surface area contributed by atoms with Gasteiger partial charge in [0.1, 0.15) is 6.17 Å². The summed E-state index contributed by atoms with van der Waals surface area (Å²) in [5, 5.41) is 5.56. The van der Waals surface area contributed by atoms with Gasteiger partial charge < -0.3 is 15.1 Å². The first-order valence-electron chi connectivity index (χ1n) is 6.61. The van der Waals surface area contributed by atoms with Gasteiger partial charge in [-0.25, -0.2) is 4.79 Å². The molecular weight excluding hydrogens is 246 g/mol. The third kappa shape index (κ3) is 2.36. The molecule has 2 atom stereocenters. The van der Waals surface area contributed by atoms with E-state index in [9.17, 15) is 9.59 Å². The number of aliphatic imine (C=N–C) groups is 1. The quantitative estimate of drug-likeness (QED) is 0.742. The Morgan fingerprint density at radius 3 is 2.63 bits per heavy atom. The maximum absolute atomic E-state index is 12.1. The van der Waals surface area contributed by atoms with E-state index in [0.717, 1.165) is 6.54 Å². The number of nitrogens with zero attached hydrogens (tertiary/aromatic N) is 3. The third-order valence-electron chi connectivity index (χ3n) is 3.29. The highest BCUT2D eigenvalue weighted by Gasteiger charge is 2.49. The fraction of sp³-hybridized carbons (Fsp3) is 0.750. The number of amides is 3. The van der Waals surface area contributed by atoms with Crippen LogP contribution in [0.4, 0.5) is 4.79 Å². The van der Waals surface area contributed by atoms with Crippen molar-refractivity contribution < 1.29 is 9.59 Å². The molecule has 106 valence electrons. The summed E-state index contributed by atoms with van der Waals surface area (Å²) in [4.78, 5) is 31.6. The number of imide groups is 1. The molecule has 2 fully saturated rings. The lowest BCUT2D eigenvalue weighted by atomic mass is 10.1. The first-order chi connectivity index (χ1) is 8.95. The number of guanidine groups is 1. The average Bonchev–Trinajstić information content (AvgIpc) is 2.66. The molecule has 0 aliphatic carbocycles. The molecule has 0 spiro atoms. The van der Waals surface area contributed by atoms with Gasteiger partial charge in [0.2, 0.25) is 0 Å². The standard InChI is InChI=1S/C12H21N5O2/c1-5-13-11-14-9-8(17(11)6-7(2)3)10(18)15-12(19)16(9)4/h7-9H,5-6H2,1-4H3,(H,13,14)(H,15,18,19). The van der Waals surface area contributed by atoms with Crippen molar-refractivity contribution in [3.8, 4) is 0 Å². The van der Waals surface area contributed by atoms with Gasteiger partial charge in [0.05, 0.1) is 0 Å². The van der Waals surface area contributed by atoms with E-state index in [1.165, 1.54) is 4.90 Å². The summed E-state index contributed by atoms with van der Waals surface area (Å²) < 4.78 is 0. The van der Waals surface area contributed by atoms with Crippen LogP contribution in [0.25, 0.3) is 0 Å². The number of nitrogens with one attached hydrogen (secondary N) is 2. The molecule has 0 aromatic carbocycles. The van der Waals surface area contributed by atoms with Crippen molar-refractivity contribution in [3.63, 3.8) is 0 Å². The molecule has 0 aromatic heterocycles. The summed E-state index contributed by atoms with van der Waals surface area (Å²) in [5.74, 6) is 0.837. The predicted molar refractivity (Wildman–Crippen MR) is 71.5 cm³/mol. The number of hydrogen-bond acceptors (Lipinski definition) is 3. The predicted octanol–water partition coefficient (Wildman–Crippen LogP) is -0.200. The Morgan fingerprint density at radius 2 is 2.05 bits per heavy atom. The van der Waals surface area contributed by atoms with Crippen molar-refractivity contribution in [2.75, 3.05) is 20.1 Å². The maximum atomic E-state index is 12.1. The lowest BCUT2D eigenvalue weighted by Gasteiger charge is -2.35. The summed E-state index contributed by atoms with van der Waals surface area (Å²) in [6, 6.07) is -0.781. The molecule has 2 unspecified atom stereocenters. The van der Waals surface area contributed by atoms with E-state index in [0.29, 0.717) is 18.4 Å². The van der Waals surface area contributed by atoms with Gasteiger partial charge in [-0.2, -0.15) is 0 Å². The van der Waals surface area contributed by atoms with Crippen molar-refractivity contribution in [1.82, 2.24) is 20.4 Å². The van der Waals surface area contributed by atoms with Gasteiger partial charge in [-0.15, -0.1) is 0 Å². The fourth-order valence-corrected chi connectivity index (χ4v) is 2.46. The molecule has 0 radical (unpaired) electrons. The van der Waals surface area contributed by atoms with Gasteiger partial charge in [-0.1, -0.05) is 13.8 Å². The monoisotopic (exact) mass is 267 g/mol. The second kappa shape index (κ2) is 5.07. The average molecular weight is 267 g/mol. The molecule has 2 rings (SSSR count). The zero-order valence-corrected chi connectivity index (χ0v) is 11.8. The van der Waals surface area contributed by atoms with E-state index < -0.39 is 6.04 Å². The van der Waals surface area contributed by atoms with E-state index >= 15 is 0 Å². The molecule has 19 heavy (non-hydrogen) atoms. The first-order valence-corrected chi connectivity index (χ1v) is 6.61. The number of likely N-dealkylation sites (N-methyl/N-ethyl adjacent to an activating group) is 1. The zero-order chi connectivity index (χ0) is 14.2. The Bertz CT molecular complexity index is 420. The minimum Gasteiger partial charge on any atom is -0.334 e. The topological polar surface area (TPSA) is 77.0 Å². The minimum atomic E-state index is -0.407. The Morgan fingerprint density at radius 1 is 1.37 bits per heavy atom. The van der Waals surface area contributed by atoms with Gasteiger partial charge in [0, 0.05) is 20.1 Å². The number of urea groups is 1. The van der Waals surface area contributed by atoms with Crippen LogP contribution in [-0.4, -0.2) is 60.0 Å². The van der Waals surface area contributed by atoms with Crippen LogP contribution in [0.5, 0.6) is 0 Å².